The molecule has 0 unspecified atom stereocenters. The molecule has 1 aromatic rings. The fraction of sp³-hybridized carbons (Fsp3) is 0.500. The molecule has 8 heteroatoms. The Balaban J connectivity index is 1.82. The lowest BCUT2D eigenvalue weighted by molar-refractivity contribution is -0.123. The van der Waals surface area contributed by atoms with Gasteiger partial charge in [-0.1, -0.05) is 38.3 Å². The molecule has 2 N–H and O–H groups in total. The van der Waals surface area contributed by atoms with Gasteiger partial charge >= 0.3 is 12.0 Å². The summed E-state index contributed by atoms with van der Waals surface area (Å²) >= 11 is 0. The molecule has 0 aliphatic heterocycles. The third kappa shape index (κ3) is 5.94. The van der Waals surface area contributed by atoms with Gasteiger partial charge in [0.15, 0.2) is 6.61 Å². The molecular formula is C18H24N2O5S. The maximum absolute atomic E-state index is 12.2. The SMILES string of the molecule is CC[S@](=O)c1ccccc1C(=O)OCC(=O)NC(=O)NC1CCCCC1. The predicted molar refractivity (Wildman–Crippen MR) is 97.2 cm³/mol. The Labute approximate surface area is 155 Å². The number of nitrogens with one attached hydrogen (secondary N) is 2. The highest BCUT2D eigenvalue weighted by Crippen LogP contribution is 2.17. The molecular weight excluding hydrogens is 356 g/mol. The fourth-order valence-electron chi connectivity index (χ4n) is 2.83. The molecule has 1 aromatic carbocycles. The summed E-state index contributed by atoms with van der Waals surface area (Å²) in [7, 11) is -1.32. The summed E-state index contributed by atoms with van der Waals surface area (Å²) < 4.78 is 16.9. The van der Waals surface area contributed by atoms with E-state index >= 15 is 0 Å². The van der Waals surface area contributed by atoms with E-state index in [0.717, 1.165) is 25.7 Å². The predicted octanol–water partition coefficient (Wildman–Crippen LogP) is 2.13. The molecule has 1 saturated carbocycles. The van der Waals surface area contributed by atoms with Crippen LogP contribution in [0.25, 0.3) is 0 Å². The van der Waals surface area contributed by atoms with Crippen molar-refractivity contribution in [2.45, 2.75) is 50.0 Å². The van der Waals surface area contributed by atoms with E-state index < -0.39 is 35.3 Å². The van der Waals surface area contributed by atoms with E-state index in [4.69, 9.17) is 4.74 Å². The van der Waals surface area contributed by atoms with Crippen molar-refractivity contribution in [1.82, 2.24) is 10.6 Å². The average molecular weight is 380 g/mol. The molecule has 1 aliphatic carbocycles. The normalized spacial score (nSPS) is 15.7. The van der Waals surface area contributed by atoms with Crippen LogP contribution >= 0.6 is 0 Å². The van der Waals surface area contributed by atoms with E-state index in [1.165, 1.54) is 12.5 Å². The molecule has 7 nitrogen and oxygen atoms in total. The standard InChI is InChI=1S/C18H24N2O5S/c1-2-26(24)15-11-7-6-10-14(15)17(22)25-12-16(21)20-18(23)19-13-8-4-3-5-9-13/h6-7,10-11,13H,2-5,8-9,12H2,1H3,(H2,19,20,21,23)/t26-/m0/s1. The zero-order valence-corrected chi connectivity index (χ0v) is 15.6. The summed E-state index contributed by atoms with van der Waals surface area (Å²) in [4.78, 5) is 36.1. The van der Waals surface area contributed by atoms with Crippen LogP contribution < -0.4 is 10.6 Å². The second-order valence-electron chi connectivity index (χ2n) is 6.06. The summed E-state index contributed by atoms with van der Waals surface area (Å²) in [6, 6.07) is 5.90. The van der Waals surface area contributed by atoms with Gasteiger partial charge in [-0.15, -0.1) is 0 Å². The molecule has 1 fully saturated rings. The van der Waals surface area contributed by atoms with Crippen molar-refractivity contribution in [3.8, 4) is 0 Å². The van der Waals surface area contributed by atoms with E-state index in [1.54, 1.807) is 25.1 Å². The van der Waals surface area contributed by atoms with Gasteiger partial charge in [0, 0.05) is 11.8 Å². The Kier molecular flexibility index (Phi) is 7.77. The van der Waals surface area contributed by atoms with Crippen molar-refractivity contribution in [2.24, 2.45) is 0 Å². The van der Waals surface area contributed by atoms with E-state index in [9.17, 15) is 18.6 Å². The van der Waals surface area contributed by atoms with Crippen LogP contribution in [0.1, 0.15) is 49.4 Å². The minimum atomic E-state index is -1.32. The van der Waals surface area contributed by atoms with Crippen molar-refractivity contribution < 1.29 is 23.3 Å². The maximum atomic E-state index is 12.2. The van der Waals surface area contributed by atoms with Crippen molar-refractivity contribution in [2.75, 3.05) is 12.4 Å². The van der Waals surface area contributed by atoms with Crippen LogP contribution in [0.2, 0.25) is 0 Å². The fourth-order valence-corrected chi connectivity index (χ4v) is 3.77. The number of hydrogen-bond donors (Lipinski definition) is 2. The van der Waals surface area contributed by atoms with Crippen LogP contribution in [0.3, 0.4) is 0 Å². The molecule has 3 amide bonds. The molecule has 0 radical (unpaired) electrons. The Morgan fingerprint density at radius 3 is 2.54 bits per heavy atom. The highest BCUT2D eigenvalue weighted by molar-refractivity contribution is 7.85. The number of hydrogen-bond acceptors (Lipinski definition) is 5. The number of benzene rings is 1. The Morgan fingerprint density at radius 1 is 1.15 bits per heavy atom. The lowest BCUT2D eigenvalue weighted by atomic mass is 9.96. The highest BCUT2D eigenvalue weighted by Gasteiger charge is 2.19. The largest absolute Gasteiger partial charge is 0.452 e. The second-order valence-corrected chi connectivity index (χ2v) is 7.77. The first-order chi connectivity index (χ1) is 12.5. The third-order valence-electron chi connectivity index (χ3n) is 4.14. The maximum Gasteiger partial charge on any atom is 0.339 e. The number of carbonyl (C=O) groups excluding carboxylic acids is 3. The Bertz CT molecular complexity index is 686. The summed E-state index contributed by atoms with van der Waals surface area (Å²) in [6.45, 7) is 1.17. The number of amides is 3. The molecule has 0 saturated heterocycles. The number of ether oxygens (including phenoxy) is 1. The third-order valence-corrected chi connectivity index (χ3v) is 5.51. The molecule has 142 valence electrons. The molecule has 0 spiro atoms. The van der Waals surface area contributed by atoms with Crippen LogP contribution in [0.5, 0.6) is 0 Å². The van der Waals surface area contributed by atoms with Crippen LogP contribution in [0.4, 0.5) is 4.79 Å². The first kappa shape index (κ1) is 20.1. The molecule has 1 atom stereocenters. The summed E-state index contributed by atoms with van der Waals surface area (Å²) in [6.07, 6.45) is 5.10. The van der Waals surface area contributed by atoms with Crippen molar-refractivity contribution in [3.63, 3.8) is 0 Å². The minimum Gasteiger partial charge on any atom is -0.452 e. The van der Waals surface area contributed by atoms with Crippen molar-refractivity contribution in [1.29, 1.82) is 0 Å². The average Bonchev–Trinajstić information content (AvgIpc) is 2.66. The van der Waals surface area contributed by atoms with E-state index in [1.807, 2.05) is 0 Å². The quantitative estimate of drug-likeness (QED) is 0.736. The van der Waals surface area contributed by atoms with Gasteiger partial charge in [0.1, 0.15) is 0 Å². The van der Waals surface area contributed by atoms with Crippen LogP contribution in [0.15, 0.2) is 29.2 Å². The van der Waals surface area contributed by atoms with Crippen molar-refractivity contribution in [3.05, 3.63) is 29.8 Å². The minimum absolute atomic E-state index is 0.0787. The van der Waals surface area contributed by atoms with Gasteiger partial charge in [0.2, 0.25) is 0 Å². The lowest BCUT2D eigenvalue weighted by Crippen LogP contribution is -2.46. The van der Waals surface area contributed by atoms with Gasteiger partial charge in [0.25, 0.3) is 5.91 Å². The van der Waals surface area contributed by atoms with Crippen molar-refractivity contribution >= 4 is 28.7 Å². The number of esters is 1. The van der Waals surface area contributed by atoms with Gasteiger partial charge in [0.05, 0.1) is 21.3 Å². The van der Waals surface area contributed by atoms with Crippen LogP contribution in [-0.4, -0.2) is 40.5 Å². The highest BCUT2D eigenvalue weighted by atomic mass is 32.2. The zero-order valence-electron chi connectivity index (χ0n) is 14.8. The molecule has 0 bridgehead atoms. The second kappa shape index (κ2) is 10.1. The van der Waals surface area contributed by atoms with Crippen LogP contribution in [0, 0.1) is 0 Å². The topological polar surface area (TPSA) is 102 Å². The van der Waals surface area contributed by atoms with Gasteiger partial charge in [-0.3, -0.25) is 14.3 Å². The summed E-state index contributed by atoms with van der Waals surface area (Å²) in [5, 5.41) is 4.91. The van der Waals surface area contributed by atoms with Gasteiger partial charge in [-0.2, -0.15) is 0 Å². The smallest absolute Gasteiger partial charge is 0.339 e. The molecule has 26 heavy (non-hydrogen) atoms. The molecule has 1 aliphatic rings. The number of rotatable bonds is 6. The monoisotopic (exact) mass is 380 g/mol. The van der Waals surface area contributed by atoms with E-state index in [0.29, 0.717) is 10.6 Å². The van der Waals surface area contributed by atoms with Gasteiger partial charge in [-0.05, 0) is 25.0 Å². The number of imide groups is 1. The summed E-state index contributed by atoms with van der Waals surface area (Å²) in [5.41, 5.74) is 0.159. The number of urea groups is 1. The Hall–Kier alpha value is -2.22. The number of carbonyl (C=O) groups is 3. The molecule has 0 heterocycles. The first-order valence-corrected chi connectivity index (χ1v) is 10.1. The van der Waals surface area contributed by atoms with E-state index in [-0.39, 0.29) is 11.6 Å². The van der Waals surface area contributed by atoms with E-state index in [2.05, 4.69) is 10.6 Å². The molecule has 0 aromatic heterocycles. The Morgan fingerprint density at radius 2 is 1.85 bits per heavy atom. The van der Waals surface area contributed by atoms with Gasteiger partial charge < -0.3 is 10.1 Å². The zero-order chi connectivity index (χ0) is 18.9. The van der Waals surface area contributed by atoms with Crippen LogP contribution in [-0.2, 0) is 20.3 Å². The first-order valence-electron chi connectivity index (χ1n) is 8.76. The molecule has 2 rings (SSSR count). The summed E-state index contributed by atoms with van der Waals surface area (Å²) in [5.74, 6) is -1.09. The van der Waals surface area contributed by atoms with Gasteiger partial charge in [-0.25, -0.2) is 9.59 Å². The lowest BCUT2D eigenvalue weighted by Gasteiger charge is -2.22.